The van der Waals surface area contributed by atoms with Gasteiger partial charge in [-0.25, -0.2) is 14.4 Å². The van der Waals surface area contributed by atoms with Gasteiger partial charge in [0, 0.05) is 19.3 Å². The standard InChI is InChI=1S/C26H37NO6.C11H14O2/c1-26(2,3)32-25(31)21-16-14-20(15-17-21)12-10-8-6-4-5-7-9-11-13-24(30)33-27-22(28)18-19-23(27)29;1-11(2,3)13-10(12)9-7-5-4-6-8-9/h14-17H,4-13,18-19H2,1-3H3;4-8H,1-3H3. The van der Waals surface area contributed by atoms with Gasteiger partial charge in [-0.1, -0.05) is 68.9 Å². The molecule has 1 aliphatic rings. The van der Waals surface area contributed by atoms with Gasteiger partial charge >= 0.3 is 17.9 Å². The lowest BCUT2D eigenvalue weighted by molar-refractivity contribution is -0.197. The molecule has 0 bridgehead atoms. The number of ether oxygens (including phenoxy) is 2. The molecular formula is C37H51NO8. The number of benzene rings is 2. The fraction of sp³-hybridized carbons (Fsp3) is 0.541. The van der Waals surface area contributed by atoms with E-state index in [1.165, 1.54) is 18.4 Å². The number of unbranched alkanes of at least 4 members (excludes halogenated alkanes) is 7. The fourth-order valence-corrected chi connectivity index (χ4v) is 4.52. The molecule has 0 spiro atoms. The first-order valence-corrected chi connectivity index (χ1v) is 16.3. The third-order valence-electron chi connectivity index (χ3n) is 6.79. The Morgan fingerprint density at radius 1 is 0.609 bits per heavy atom. The zero-order valence-corrected chi connectivity index (χ0v) is 28.4. The molecule has 0 aliphatic carbocycles. The van der Waals surface area contributed by atoms with Crippen molar-refractivity contribution in [3.63, 3.8) is 0 Å². The molecule has 0 unspecified atom stereocenters. The van der Waals surface area contributed by atoms with Crippen molar-refractivity contribution in [3.8, 4) is 0 Å². The Labute approximate surface area is 273 Å². The Morgan fingerprint density at radius 2 is 1.04 bits per heavy atom. The van der Waals surface area contributed by atoms with Crippen molar-refractivity contribution in [2.45, 2.75) is 130 Å². The zero-order valence-electron chi connectivity index (χ0n) is 28.4. The second-order valence-corrected chi connectivity index (χ2v) is 13.4. The largest absolute Gasteiger partial charge is 0.456 e. The topological polar surface area (TPSA) is 116 Å². The summed E-state index contributed by atoms with van der Waals surface area (Å²) in [6, 6.07) is 16.7. The van der Waals surface area contributed by atoms with Crippen LogP contribution in [0.25, 0.3) is 0 Å². The summed E-state index contributed by atoms with van der Waals surface area (Å²) in [5.41, 5.74) is 1.49. The van der Waals surface area contributed by atoms with E-state index in [9.17, 15) is 24.0 Å². The smallest absolute Gasteiger partial charge is 0.338 e. The Balaban J connectivity index is 0.000000471. The monoisotopic (exact) mass is 637 g/mol. The maximum absolute atomic E-state index is 12.1. The van der Waals surface area contributed by atoms with E-state index in [1.54, 1.807) is 12.1 Å². The van der Waals surface area contributed by atoms with Crippen molar-refractivity contribution in [1.82, 2.24) is 5.06 Å². The van der Waals surface area contributed by atoms with E-state index in [4.69, 9.17) is 14.3 Å². The van der Waals surface area contributed by atoms with Crippen molar-refractivity contribution < 1.29 is 38.3 Å². The van der Waals surface area contributed by atoms with Gasteiger partial charge in [0.2, 0.25) is 0 Å². The number of carbonyl (C=O) groups excluding carboxylic acids is 5. The van der Waals surface area contributed by atoms with Crippen molar-refractivity contribution in [2.75, 3.05) is 0 Å². The number of hydroxylamine groups is 2. The molecular weight excluding hydrogens is 586 g/mol. The minimum atomic E-state index is -0.516. The van der Waals surface area contributed by atoms with Crippen LogP contribution in [0.5, 0.6) is 0 Å². The summed E-state index contributed by atoms with van der Waals surface area (Å²) < 4.78 is 10.6. The molecule has 0 atom stereocenters. The average molecular weight is 638 g/mol. The molecule has 46 heavy (non-hydrogen) atoms. The molecule has 1 saturated heterocycles. The summed E-state index contributed by atoms with van der Waals surface area (Å²) in [5.74, 6) is -1.95. The van der Waals surface area contributed by atoms with Gasteiger partial charge in [0.25, 0.3) is 11.8 Å². The molecule has 2 amide bonds. The van der Waals surface area contributed by atoms with Gasteiger partial charge in [-0.2, -0.15) is 0 Å². The van der Waals surface area contributed by atoms with Crippen LogP contribution < -0.4 is 0 Å². The van der Waals surface area contributed by atoms with Crippen molar-refractivity contribution >= 4 is 29.7 Å². The minimum absolute atomic E-state index is 0.118. The molecule has 3 rings (SSSR count). The lowest BCUT2D eigenvalue weighted by atomic mass is 10.0. The summed E-state index contributed by atoms with van der Waals surface area (Å²) >= 11 is 0. The second kappa shape index (κ2) is 18.8. The van der Waals surface area contributed by atoms with Crippen molar-refractivity contribution in [1.29, 1.82) is 0 Å². The van der Waals surface area contributed by atoms with Crippen LogP contribution >= 0.6 is 0 Å². The number of amides is 2. The summed E-state index contributed by atoms with van der Waals surface area (Å²) in [4.78, 5) is 62.9. The van der Waals surface area contributed by atoms with Crippen LogP contribution in [0.1, 0.15) is 138 Å². The molecule has 9 heteroatoms. The van der Waals surface area contributed by atoms with Crippen LogP contribution in [0.3, 0.4) is 0 Å². The summed E-state index contributed by atoms with van der Waals surface area (Å²) in [5, 5.41) is 0.609. The number of hydrogen-bond donors (Lipinski definition) is 0. The molecule has 1 fully saturated rings. The Hall–Kier alpha value is -4.01. The van der Waals surface area contributed by atoms with Crippen LogP contribution in [0, 0.1) is 0 Å². The fourth-order valence-electron chi connectivity index (χ4n) is 4.52. The van der Waals surface area contributed by atoms with Gasteiger partial charge in [-0.15, -0.1) is 5.06 Å². The van der Waals surface area contributed by atoms with E-state index in [-0.39, 0.29) is 31.2 Å². The predicted octanol–water partition coefficient (Wildman–Crippen LogP) is 7.94. The van der Waals surface area contributed by atoms with Gasteiger partial charge in [-0.05, 0) is 90.6 Å². The van der Waals surface area contributed by atoms with Gasteiger partial charge in [-0.3, -0.25) is 9.59 Å². The lowest BCUT2D eigenvalue weighted by Gasteiger charge is -2.19. The minimum Gasteiger partial charge on any atom is -0.456 e. The summed E-state index contributed by atoms with van der Waals surface area (Å²) in [6.45, 7) is 11.1. The highest BCUT2D eigenvalue weighted by Crippen LogP contribution is 2.17. The van der Waals surface area contributed by atoms with E-state index in [2.05, 4.69) is 0 Å². The number of hydrogen-bond acceptors (Lipinski definition) is 8. The number of nitrogens with zero attached hydrogens (tertiary/aromatic N) is 1. The van der Waals surface area contributed by atoms with E-state index in [1.807, 2.05) is 84.0 Å². The van der Waals surface area contributed by atoms with E-state index < -0.39 is 29.0 Å². The molecule has 0 saturated carbocycles. The lowest BCUT2D eigenvalue weighted by Crippen LogP contribution is -2.31. The summed E-state index contributed by atoms with van der Waals surface area (Å²) in [6.07, 6.45) is 9.90. The first kappa shape index (κ1) is 38.2. The number of aryl methyl sites for hydroxylation is 1. The van der Waals surface area contributed by atoms with Gasteiger partial charge < -0.3 is 14.3 Å². The molecule has 9 nitrogen and oxygen atoms in total. The predicted molar refractivity (Wildman–Crippen MR) is 176 cm³/mol. The third kappa shape index (κ3) is 15.8. The third-order valence-corrected chi connectivity index (χ3v) is 6.79. The Kier molecular flexibility index (Phi) is 15.6. The van der Waals surface area contributed by atoms with Crippen molar-refractivity contribution in [2.24, 2.45) is 0 Å². The van der Waals surface area contributed by atoms with E-state index in [0.717, 1.165) is 38.5 Å². The maximum atomic E-state index is 12.1. The number of esters is 2. The van der Waals surface area contributed by atoms with Gasteiger partial charge in [0.1, 0.15) is 11.2 Å². The molecule has 0 aromatic heterocycles. The average Bonchev–Trinajstić information content (AvgIpc) is 3.29. The highest BCUT2D eigenvalue weighted by Gasteiger charge is 2.32. The SMILES string of the molecule is CC(C)(C)OC(=O)c1ccc(CCCCCCCCCCC(=O)ON2C(=O)CCC2=O)cc1.CC(C)(C)OC(=O)c1ccccc1. The molecule has 2 aromatic rings. The van der Waals surface area contributed by atoms with E-state index in [0.29, 0.717) is 22.6 Å². The molecule has 252 valence electrons. The molecule has 1 heterocycles. The Bertz CT molecular complexity index is 1260. The number of imide groups is 1. The first-order valence-electron chi connectivity index (χ1n) is 16.3. The maximum Gasteiger partial charge on any atom is 0.338 e. The molecule has 2 aromatic carbocycles. The van der Waals surface area contributed by atoms with Gasteiger partial charge in [0.15, 0.2) is 0 Å². The first-order chi connectivity index (χ1) is 21.6. The van der Waals surface area contributed by atoms with Crippen LogP contribution in [-0.2, 0) is 35.1 Å². The van der Waals surface area contributed by atoms with Crippen LogP contribution in [0.2, 0.25) is 0 Å². The van der Waals surface area contributed by atoms with Crippen LogP contribution in [0.4, 0.5) is 0 Å². The number of carbonyl (C=O) groups is 5. The highest BCUT2D eigenvalue weighted by atomic mass is 16.7. The van der Waals surface area contributed by atoms with Gasteiger partial charge in [0.05, 0.1) is 11.1 Å². The Morgan fingerprint density at radius 3 is 1.52 bits per heavy atom. The molecule has 0 N–H and O–H groups in total. The van der Waals surface area contributed by atoms with Crippen molar-refractivity contribution in [3.05, 3.63) is 71.3 Å². The quantitative estimate of drug-likeness (QED) is 0.116. The van der Waals surface area contributed by atoms with Crippen LogP contribution in [-0.4, -0.2) is 46.0 Å². The normalized spacial score (nSPS) is 13.1. The highest BCUT2D eigenvalue weighted by molar-refractivity contribution is 6.01. The second-order valence-electron chi connectivity index (χ2n) is 13.4. The summed E-state index contributed by atoms with van der Waals surface area (Å²) in [7, 11) is 0. The zero-order chi connectivity index (χ0) is 34.2. The molecule has 0 radical (unpaired) electrons. The number of rotatable bonds is 14. The molecule has 1 aliphatic heterocycles. The van der Waals surface area contributed by atoms with Crippen LogP contribution in [0.15, 0.2) is 54.6 Å². The van der Waals surface area contributed by atoms with E-state index >= 15 is 0 Å².